The molecule has 2 heterocycles. The lowest BCUT2D eigenvalue weighted by molar-refractivity contribution is -0.383. The van der Waals surface area contributed by atoms with E-state index in [0.717, 1.165) is 11.1 Å². The van der Waals surface area contributed by atoms with Gasteiger partial charge >= 0.3 is 5.69 Å². The Bertz CT molecular complexity index is 1260. The highest BCUT2D eigenvalue weighted by Gasteiger charge is 2.24. The summed E-state index contributed by atoms with van der Waals surface area (Å²) in [6, 6.07) is 16.6. The van der Waals surface area contributed by atoms with Crippen molar-refractivity contribution in [3.8, 4) is 5.75 Å². The quantitative estimate of drug-likeness (QED) is 0.315. The fourth-order valence-electron chi connectivity index (χ4n) is 3.19. The molecule has 2 aromatic heterocycles. The first-order valence-corrected chi connectivity index (χ1v) is 9.68. The fourth-order valence-corrected chi connectivity index (χ4v) is 3.19. The summed E-state index contributed by atoms with van der Waals surface area (Å²) in [7, 11) is 0. The molecule has 0 bridgehead atoms. The van der Waals surface area contributed by atoms with E-state index in [2.05, 4.69) is 25.6 Å². The number of nitro groups is 1. The summed E-state index contributed by atoms with van der Waals surface area (Å²) in [5.74, 6) is 0.687. The van der Waals surface area contributed by atoms with Crippen LogP contribution in [0.3, 0.4) is 0 Å². The topological polar surface area (TPSA) is 115 Å². The minimum atomic E-state index is -0.516. The second-order valence-corrected chi connectivity index (χ2v) is 6.69. The van der Waals surface area contributed by atoms with Crippen LogP contribution in [0.4, 0.5) is 28.7 Å². The second kappa shape index (κ2) is 8.62. The van der Waals surface area contributed by atoms with Crippen LogP contribution < -0.4 is 15.4 Å². The number of benzene rings is 2. The van der Waals surface area contributed by atoms with Gasteiger partial charge in [0.25, 0.3) is 0 Å². The van der Waals surface area contributed by atoms with Crippen molar-refractivity contribution in [3.05, 3.63) is 76.7 Å². The minimum Gasteiger partial charge on any atom is -0.492 e. The number of anilines is 4. The number of aryl methyl sites for hydroxylation is 1. The van der Waals surface area contributed by atoms with Gasteiger partial charge in [0, 0.05) is 11.1 Å². The van der Waals surface area contributed by atoms with Crippen molar-refractivity contribution in [1.82, 2.24) is 15.0 Å². The van der Waals surface area contributed by atoms with E-state index in [-0.39, 0.29) is 17.3 Å². The van der Waals surface area contributed by atoms with E-state index in [1.807, 2.05) is 44.2 Å². The molecular formula is C22H20N6O3. The molecule has 9 heteroatoms. The van der Waals surface area contributed by atoms with Gasteiger partial charge in [-0.2, -0.15) is 0 Å². The molecule has 0 fully saturated rings. The first-order chi connectivity index (χ1) is 15.1. The molecule has 0 unspecified atom stereocenters. The summed E-state index contributed by atoms with van der Waals surface area (Å²) in [5, 5.41) is 18.9. The summed E-state index contributed by atoms with van der Waals surface area (Å²) in [6.07, 6.45) is 1.27. The Morgan fingerprint density at radius 1 is 0.968 bits per heavy atom. The number of nitrogens with zero attached hydrogens (tertiary/aromatic N) is 4. The van der Waals surface area contributed by atoms with E-state index in [1.54, 1.807) is 24.3 Å². The number of ether oxygens (including phenoxy) is 1. The van der Waals surface area contributed by atoms with Gasteiger partial charge < -0.3 is 15.4 Å². The Morgan fingerprint density at radius 3 is 2.42 bits per heavy atom. The summed E-state index contributed by atoms with van der Waals surface area (Å²) in [5.41, 5.74) is 2.45. The summed E-state index contributed by atoms with van der Waals surface area (Å²) < 4.78 is 5.60. The second-order valence-electron chi connectivity index (χ2n) is 6.69. The van der Waals surface area contributed by atoms with Crippen LogP contribution in [0.2, 0.25) is 0 Å². The summed E-state index contributed by atoms with van der Waals surface area (Å²) in [4.78, 5) is 24.2. The van der Waals surface area contributed by atoms with Crippen LogP contribution in [0.1, 0.15) is 12.6 Å². The summed E-state index contributed by atoms with van der Waals surface area (Å²) in [6.45, 7) is 4.22. The smallest absolute Gasteiger partial charge is 0.353 e. The molecule has 156 valence electrons. The van der Waals surface area contributed by atoms with Gasteiger partial charge in [-0.05, 0) is 38.1 Å². The highest BCUT2D eigenvalue weighted by Crippen LogP contribution is 2.36. The van der Waals surface area contributed by atoms with Gasteiger partial charge in [-0.3, -0.25) is 15.1 Å². The van der Waals surface area contributed by atoms with Crippen molar-refractivity contribution in [2.24, 2.45) is 0 Å². The van der Waals surface area contributed by atoms with Crippen molar-refractivity contribution in [1.29, 1.82) is 0 Å². The maximum atomic E-state index is 12.0. The lowest BCUT2D eigenvalue weighted by Gasteiger charge is -2.13. The predicted molar refractivity (Wildman–Crippen MR) is 119 cm³/mol. The maximum absolute atomic E-state index is 12.0. The molecule has 0 aliphatic carbocycles. The minimum absolute atomic E-state index is 0.0547. The van der Waals surface area contributed by atoms with Gasteiger partial charge in [-0.1, -0.05) is 30.3 Å². The monoisotopic (exact) mass is 416 g/mol. The number of hydrogen-bond acceptors (Lipinski definition) is 8. The number of para-hydroxylation sites is 3. The standard InChI is InChI=1S/C22H20N6O3/c1-3-31-18-10-5-4-8-16(18)26-21-20(28(29)30)22(24-13-23-21)27-17-9-6-7-15-12-11-14(2)25-19(15)17/h4-13H,3H2,1-2H3,(H2,23,24,26,27). The number of aromatic nitrogens is 3. The third-order valence-electron chi connectivity index (χ3n) is 4.56. The third-order valence-corrected chi connectivity index (χ3v) is 4.56. The molecule has 0 radical (unpaired) electrons. The van der Waals surface area contributed by atoms with Crippen LogP contribution in [0.5, 0.6) is 5.75 Å². The van der Waals surface area contributed by atoms with E-state index in [0.29, 0.717) is 29.2 Å². The molecule has 0 saturated heterocycles. The molecule has 0 amide bonds. The van der Waals surface area contributed by atoms with E-state index in [1.165, 1.54) is 6.33 Å². The zero-order valence-electron chi connectivity index (χ0n) is 17.0. The number of fused-ring (bicyclic) bond motifs is 1. The van der Waals surface area contributed by atoms with Gasteiger partial charge in [-0.25, -0.2) is 9.97 Å². The number of pyridine rings is 1. The Kier molecular flexibility index (Phi) is 5.57. The largest absolute Gasteiger partial charge is 0.492 e. The highest BCUT2D eigenvalue weighted by molar-refractivity contribution is 5.93. The Hall–Kier alpha value is -4.27. The fraction of sp³-hybridized carbons (Fsp3) is 0.136. The molecule has 9 nitrogen and oxygen atoms in total. The van der Waals surface area contributed by atoms with Crippen LogP contribution in [0.25, 0.3) is 10.9 Å². The highest BCUT2D eigenvalue weighted by atomic mass is 16.6. The van der Waals surface area contributed by atoms with Crippen LogP contribution in [0, 0.1) is 17.0 Å². The first kappa shape index (κ1) is 20.0. The first-order valence-electron chi connectivity index (χ1n) is 9.68. The number of rotatable bonds is 7. The Labute approximate surface area is 178 Å². The third kappa shape index (κ3) is 4.20. The molecular weight excluding hydrogens is 396 g/mol. The predicted octanol–water partition coefficient (Wildman–Crippen LogP) is 5.13. The average Bonchev–Trinajstić information content (AvgIpc) is 2.76. The summed E-state index contributed by atoms with van der Waals surface area (Å²) >= 11 is 0. The van der Waals surface area contributed by atoms with Crippen LogP contribution in [-0.2, 0) is 0 Å². The van der Waals surface area contributed by atoms with Crippen molar-refractivity contribution in [3.63, 3.8) is 0 Å². The van der Waals surface area contributed by atoms with E-state index >= 15 is 0 Å². The molecule has 31 heavy (non-hydrogen) atoms. The lowest BCUT2D eigenvalue weighted by atomic mass is 10.1. The molecule has 0 aliphatic heterocycles. The maximum Gasteiger partial charge on any atom is 0.353 e. The molecule has 2 aromatic carbocycles. The molecule has 0 aliphatic rings. The average molecular weight is 416 g/mol. The SMILES string of the molecule is CCOc1ccccc1Nc1ncnc(Nc2cccc3ccc(C)nc23)c1[N+](=O)[O-]. The molecule has 0 atom stereocenters. The molecule has 0 saturated carbocycles. The lowest BCUT2D eigenvalue weighted by Crippen LogP contribution is -2.06. The van der Waals surface area contributed by atoms with Gasteiger partial charge in [0.1, 0.15) is 12.1 Å². The van der Waals surface area contributed by atoms with Crippen molar-refractivity contribution >= 4 is 39.6 Å². The normalized spacial score (nSPS) is 10.6. The van der Waals surface area contributed by atoms with Crippen molar-refractivity contribution in [2.75, 3.05) is 17.2 Å². The van der Waals surface area contributed by atoms with Crippen LogP contribution in [0.15, 0.2) is 60.9 Å². The number of nitrogens with one attached hydrogen (secondary N) is 2. The van der Waals surface area contributed by atoms with Crippen molar-refractivity contribution in [2.45, 2.75) is 13.8 Å². The van der Waals surface area contributed by atoms with Gasteiger partial charge in [0.2, 0.25) is 11.6 Å². The zero-order valence-corrected chi connectivity index (χ0v) is 17.0. The van der Waals surface area contributed by atoms with Gasteiger partial charge in [-0.15, -0.1) is 0 Å². The number of hydrogen-bond donors (Lipinski definition) is 2. The molecule has 2 N–H and O–H groups in total. The van der Waals surface area contributed by atoms with E-state index in [4.69, 9.17) is 4.74 Å². The van der Waals surface area contributed by atoms with Gasteiger partial charge in [0.05, 0.1) is 28.4 Å². The molecule has 0 spiro atoms. The van der Waals surface area contributed by atoms with Gasteiger partial charge in [0.15, 0.2) is 0 Å². The van der Waals surface area contributed by atoms with Crippen LogP contribution in [-0.4, -0.2) is 26.5 Å². The van der Waals surface area contributed by atoms with Crippen molar-refractivity contribution < 1.29 is 9.66 Å². The van der Waals surface area contributed by atoms with E-state index in [9.17, 15) is 10.1 Å². The zero-order chi connectivity index (χ0) is 21.8. The molecule has 4 aromatic rings. The van der Waals surface area contributed by atoms with Crippen LogP contribution >= 0.6 is 0 Å². The molecule has 4 rings (SSSR count). The Balaban J connectivity index is 1.76. The Morgan fingerprint density at radius 2 is 1.68 bits per heavy atom. The van der Waals surface area contributed by atoms with E-state index < -0.39 is 4.92 Å².